The van der Waals surface area contributed by atoms with E-state index < -0.39 is 0 Å². The van der Waals surface area contributed by atoms with Gasteiger partial charge in [-0.15, -0.1) is 0 Å². The number of hydrogen-bond acceptors (Lipinski definition) is 4. The van der Waals surface area contributed by atoms with E-state index in [1.54, 1.807) is 24.3 Å². The lowest BCUT2D eigenvalue weighted by Crippen LogP contribution is -2.27. The third kappa shape index (κ3) is 5.08. The third-order valence-electron chi connectivity index (χ3n) is 4.53. The normalized spacial score (nSPS) is 14.9. The summed E-state index contributed by atoms with van der Waals surface area (Å²) >= 11 is 0. The van der Waals surface area contributed by atoms with Crippen LogP contribution in [0.2, 0.25) is 0 Å². The maximum absolute atomic E-state index is 12.1. The highest BCUT2D eigenvalue weighted by atomic mass is 16.3. The summed E-state index contributed by atoms with van der Waals surface area (Å²) in [5, 5.41) is 16.9. The highest BCUT2D eigenvalue weighted by Gasteiger charge is 2.17. The molecule has 1 amide bonds. The molecule has 26 heavy (non-hydrogen) atoms. The van der Waals surface area contributed by atoms with Gasteiger partial charge >= 0.3 is 0 Å². The summed E-state index contributed by atoms with van der Waals surface area (Å²) in [4.78, 5) is 14.6. The molecule has 1 aliphatic heterocycles. The van der Waals surface area contributed by atoms with Gasteiger partial charge in [-0.25, -0.2) is 0 Å². The summed E-state index contributed by atoms with van der Waals surface area (Å²) in [7, 11) is 0. The van der Waals surface area contributed by atoms with Gasteiger partial charge in [0.25, 0.3) is 0 Å². The molecule has 0 fully saturated rings. The Kier molecular flexibility index (Phi) is 5.93. The van der Waals surface area contributed by atoms with Crippen molar-refractivity contribution in [3.63, 3.8) is 0 Å². The first-order valence-electron chi connectivity index (χ1n) is 9.32. The van der Waals surface area contributed by atoms with Crippen LogP contribution in [0.25, 0.3) is 0 Å². The van der Waals surface area contributed by atoms with Crippen molar-refractivity contribution in [3.05, 3.63) is 47.3 Å². The zero-order valence-electron chi connectivity index (χ0n) is 15.6. The summed E-state index contributed by atoms with van der Waals surface area (Å²) in [6.07, 6.45) is 1.41. The van der Waals surface area contributed by atoms with Gasteiger partial charge in [-0.1, -0.05) is 26.0 Å². The topological polar surface area (TPSA) is 70.4 Å². The van der Waals surface area contributed by atoms with Crippen molar-refractivity contribution in [1.82, 2.24) is 20.0 Å². The second-order valence-electron chi connectivity index (χ2n) is 7.45. The monoisotopic (exact) mass is 356 g/mol. The van der Waals surface area contributed by atoms with E-state index in [-0.39, 0.29) is 11.7 Å². The second-order valence-corrected chi connectivity index (χ2v) is 7.45. The Hall–Kier alpha value is -2.34. The Bertz CT molecular complexity index is 737. The molecule has 0 radical (unpaired) electrons. The van der Waals surface area contributed by atoms with Gasteiger partial charge in [-0.2, -0.15) is 5.10 Å². The van der Waals surface area contributed by atoms with Crippen molar-refractivity contribution < 1.29 is 9.90 Å². The number of nitrogens with one attached hydrogen (secondary N) is 1. The summed E-state index contributed by atoms with van der Waals surface area (Å²) in [5.41, 5.74) is 3.02. The van der Waals surface area contributed by atoms with Crippen molar-refractivity contribution in [2.24, 2.45) is 5.92 Å². The minimum absolute atomic E-state index is 0.0414. The lowest BCUT2D eigenvalue weighted by Gasteiger charge is -2.21. The number of fused-ring (bicyclic) bond motifs is 1. The molecule has 1 aromatic heterocycles. The van der Waals surface area contributed by atoms with Gasteiger partial charge in [0.15, 0.2) is 0 Å². The molecular formula is C20H28N4O2. The van der Waals surface area contributed by atoms with Gasteiger partial charge in [-0.3, -0.25) is 14.4 Å². The lowest BCUT2D eigenvalue weighted by atomic mass is 10.1. The van der Waals surface area contributed by atoms with Crippen molar-refractivity contribution in [1.29, 1.82) is 0 Å². The van der Waals surface area contributed by atoms with E-state index in [1.807, 2.05) is 0 Å². The summed E-state index contributed by atoms with van der Waals surface area (Å²) < 4.78 is 2.09. The van der Waals surface area contributed by atoms with Crippen LogP contribution in [0.5, 0.6) is 5.75 Å². The first-order chi connectivity index (χ1) is 12.5. The number of benzene rings is 1. The molecule has 0 unspecified atom stereocenters. The highest BCUT2D eigenvalue weighted by Crippen LogP contribution is 2.15. The van der Waals surface area contributed by atoms with Crippen LogP contribution < -0.4 is 5.32 Å². The van der Waals surface area contributed by atoms with Gasteiger partial charge in [0, 0.05) is 26.2 Å². The van der Waals surface area contributed by atoms with E-state index in [0.717, 1.165) is 43.9 Å². The molecule has 3 rings (SSSR count). The smallest absolute Gasteiger partial charge is 0.224 e. The van der Waals surface area contributed by atoms with Crippen molar-refractivity contribution in [3.8, 4) is 5.75 Å². The molecule has 2 N–H and O–H groups in total. The molecule has 2 aromatic rings. The molecule has 1 aliphatic rings. The Morgan fingerprint density at radius 1 is 1.27 bits per heavy atom. The average Bonchev–Trinajstić information content (AvgIpc) is 2.87. The predicted molar refractivity (Wildman–Crippen MR) is 101 cm³/mol. The molecule has 0 saturated carbocycles. The first kappa shape index (κ1) is 18.5. The van der Waals surface area contributed by atoms with Gasteiger partial charge in [-0.05, 0) is 36.1 Å². The van der Waals surface area contributed by atoms with Gasteiger partial charge in [0.1, 0.15) is 5.75 Å². The summed E-state index contributed by atoms with van der Waals surface area (Å²) in [6, 6.07) is 8.82. The van der Waals surface area contributed by atoms with E-state index in [4.69, 9.17) is 0 Å². The standard InChI is InChI=1S/C20H28N4O2/c1-15(2)13-23-8-3-9-24-18(14-23)11-17(22-24)12-21-20(26)10-16-4-6-19(25)7-5-16/h4-7,11,15,25H,3,8-10,12-14H2,1-2H3,(H,21,26). The maximum atomic E-state index is 12.1. The van der Waals surface area contributed by atoms with Crippen LogP contribution in [0.3, 0.4) is 0 Å². The molecule has 0 atom stereocenters. The van der Waals surface area contributed by atoms with E-state index in [1.165, 1.54) is 5.69 Å². The number of carbonyl (C=O) groups excluding carboxylic acids is 1. The van der Waals surface area contributed by atoms with Crippen LogP contribution in [-0.2, 0) is 30.8 Å². The molecule has 0 saturated heterocycles. The van der Waals surface area contributed by atoms with Gasteiger partial charge in [0.2, 0.25) is 5.91 Å². The molecule has 140 valence electrons. The zero-order chi connectivity index (χ0) is 18.5. The Morgan fingerprint density at radius 2 is 2.04 bits per heavy atom. The number of nitrogens with zero attached hydrogens (tertiary/aromatic N) is 3. The number of amides is 1. The van der Waals surface area contributed by atoms with Crippen LogP contribution in [0.4, 0.5) is 0 Å². The van der Waals surface area contributed by atoms with Gasteiger partial charge < -0.3 is 10.4 Å². The fraction of sp³-hybridized carbons (Fsp3) is 0.500. The molecule has 0 aliphatic carbocycles. The first-order valence-corrected chi connectivity index (χ1v) is 9.32. The van der Waals surface area contributed by atoms with Crippen LogP contribution in [-0.4, -0.2) is 38.8 Å². The van der Waals surface area contributed by atoms with Crippen molar-refractivity contribution in [2.75, 3.05) is 13.1 Å². The number of carbonyl (C=O) groups is 1. The number of aryl methyl sites for hydroxylation is 1. The van der Waals surface area contributed by atoms with Crippen LogP contribution in [0.1, 0.15) is 37.2 Å². The largest absolute Gasteiger partial charge is 0.508 e. The number of phenolic OH excluding ortho intramolecular Hbond substituents is 1. The third-order valence-corrected chi connectivity index (χ3v) is 4.53. The number of aromatic hydroxyl groups is 1. The van der Waals surface area contributed by atoms with E-state index in [0.29, 0.717) is 18.9 Å². The molecule has 6 heteroatoms. The Labute approximate surface area is 154 Å². The molecule has 6 nitrogen and oxygen atoms in total. The number of hydrogen-bond donors (Lipinski definition) is 2. The lowest BCUT2D eigenvalue weighted by molar-refractivity contribution is -0.120. The predicted octanol–water partition coefficient (Wildman–Crippen LogP) is 2.31. The Balaban J connectivity index is 1.54. The van der Waals surface area contributed by atoms with Crippen molar-refractivity contribution >= 4 is 5.91 Å². The second kappa shape index (κ2) is 8.36. The van der Waals surface area contributed by atoms with Crippen LogP contribution in [0, 0.1) is 5.92 Å². The maximum Gasteiger partial charge on any atom is 0.224 e. The SMILES string of the molecule is CC(C)CN1CCCn2nc(CNC(=O)Cc3ccc(O)cc3)cc2C1. The van der Waals surface area contributed by atoms with E-state index >= 15 is 0 Å². The number of rotatable bonds is 6. The fourth-order valence-corrected chi connectivity index (χ4v) is 3.40. The fourth-order valence-electron chi connectivity index (χ4n) is 3.40. The van der Waals surface area contributed by atoms with E-state index in [9.17, 15) is 9.90 Å². The van der Waals surface area contributed by atoms with Crippen LogP contribution >= 0.6 is 0 Å². The summed E-state index contributed by atoms with van der Waals surface area (Å²) in [6.45, 7) is 9.01. The molecule has 1 aromatic carbocycles. The zero-order valence-corrected chi connectivity index (χ0v) is 15.6. The summed E-state index contributed by atoms with van der Waals surface area (Å²) in [5.74, 6) is 0.823. The van der Waals surface area contributed by atoms with Gasteiger partial charge in [0.05, 0.1) is 24.4 Å². The minimum Gasteiger partial charge on any atom is -0.508 e. The highest BCUT2D eigenvalue weighted by molar-refractivity contribution is 5.78. The van der Waals surface area contributed by atoms with Crippen LogP contribution in [0.15, 0.2) is 30.3 Å². The van der Waals surface area contributed by atoms with E-state index in [2.05, 4.69) is 39.9 Å². The molecule has 0 spiro atoms. The molecular weight excluding hydrogens is 328 g/mol. The Morgan fingerprint density at radius 3 is 2.77 bits per heavy atom. The molecule has 0 bridgehead atoms. The minimum atomic E-state index is -0.0414. The quantitative estimate of drug-likeness (QED) is 0.833. The van der Waals surface area contributed by atoms with Crippen molar-refractivity contribution in [2.45, 2.75) is 46.3 Å². The average molecular weight is 356 g/mol. The number of phenols is 1. The number of aromatic nitrogens is 2. The molecule has 2 heterocycles.